The topological polar surface area (TPSA) is 35.5 Å². The predicted molar refractivity (Wildman–Crippen MR) is 113 cm³/mol. The molecule has 2 atom stereocenters. The average molecular weight is 384 g/mol. The highest BCUT2D eigenvalue weighted by molar-refractivity contribution is 5.80. The second-order valence-corrected chi connectivity index (χ2v) is 8.25. The molecule has 0 unspecified atom stereocenters. The van der Waals surface area contributed by atoms with Crippen molar-refractivity contribution in [2.45, 2.75) is 31.6 Å². The van der Waals surface area contributed by atoms with E-state index >= 15 is 0 Å². The van der Waals surface area contributed by atoms with E-state index < -0.39 is 0 Å². The minimum absolute atomic E-state index is 0.00221. The molecule has 5 rings (SSSR count). The number of hydrogen-bond donors (Lipinski definition) is 0. The van der Waals surface area contributed by atoms with E-state index in [2.05, 4.69) is 55.5 Å². The maximum Gasteiger partial charge on any atom is 0.309 e. The number of methoxy groups -OCH3 is 1. The fourth-order valence-electron chi connectivity index (χ4n) is 4.80. The SMILES string of the molecule is COC(=O)[C@@H]1C[C@]12CCc1ccc(Oc3ccc(-c4cccc(C)c4)cc3)cc12. The first-order valence-corrected chi connectivity index (χ1v) is 10.2. The number of hydrogen-bond acceptors (Lipinski definition) is 3. The fraction of sp³-hybridized carbons (Fsp3) is 0.269. The van der Waals surface area contributed by atoms with E-state index in [1.807, 2.05) is 18.2 Å². The van der Waals surface area contributed by atoms with Crippen LogP contribution in [0.5, 0.6) is 11.5 Å². The van der Waals surface area contributed by atoms with Crippen LogP contribution >= 0.6 is 0 Å². The number of benzene rings is 3. The summed E-state index contributed by atoms with van der Waals surface area (Å²) >= 11 is 0. The minimum Gasteiger partial charge on any atom is -0.469 e. The van der Waals surface area contributed by atoms with Crippen molar-refractivity contribution in [2.24, 2.45) is 5.92 Å². The van der Waals surface area contributed by atoms with Crippen molar-refractivity contribution in [2.75, 3.05) is 7.11 Å². The zero-order valence-corrected chi connectivity index (χ0v) is 16.8. The molecule has 3 heteroatoms. The largest absolute Gasteiger partial charge is 0.469 e. The van der Waals surface area contributed by atoms with E-state index in [9.17, 15) is 4.79 Å². The van der Waals surface area contributed by atoms with Crippen LogP contribution in [0.25, 0.3) is 11.1 Å². The molecular formula is C26H24O3. The Balaban J connectivity index is 1.36. The Hall–Kier alpha value is -3.07. The summed E-state index contributed by atoms with van der Waals surface area (Å²) in [5, 5.41) is 0. The zero-order chi connectivity index (χ0) is 20.0. The van der Waals surface area contributed by atoms with Gasteiger partial charge in [0.15, 0.2) is 0 Å². The van der Waals surface area contributed by atoms with Crippen LogP contribution in [0, 0.1) is 12.8 Å². The van der Waals surface area contributed by atoms with E-state index in [0.29, 0.717) is 0 Å². The van der Waals surface area contributed by atoms with Crippen LogP contribution in [0.3, 0.4) is 0 Å². The van der Waals surface area contributed by atoms with Gasteiger partial charge in [0.1, 0.15) is 11.5 Å². The van der Waals surface area contributed by atoms with Crippen LogP contribution in [0.2, 0.25) is 0 Å². The Kier molecular flexibility index (Phi) is 4.20. The van der Waals surface area contributed by atoms with Gasteiger partial charge in [-0.05, 0) is 72.7 Å². The monoisotopic (exact) mass is 384 g/mol. The summed E-state index contributed by atoms with van der Waals surface area (Å²) < 4.78 is 11.1. The Morgan fingerprint density at radius 2 is 1.76 bits per heavy atom. The number of carbonyl (C=O) groups is 1. The molecule has 29 heavy (non-hydrogen) atoms. The Morgan fingerprint density at radius 3 is 2.52 bits per heavy atom. The van der Waals surface area contributed by atoms with Crippen LogP contribution in [0.4, 0.5) is 0 Å². The number of rotatable bonds is 4. The normalized spacial score (nSPS) is 21.7. The predicted octanol–water partition coefficient (Wildman–Crippen LogP) is 5.83. The minimum atomic E-state index is -0.0871. The van der Waals surface area contributed by atoms with E-state index in [1.54, 1.807) is 0 Å². The molecule has 146 valence electrons. The van der Waals surface area contributed by atoms with Gasteiger partial charge in [-0.1, -0.05) is 48.0 Å². The van der Waals surface area contributed by atoms with Crippen molar-refractivity contribution in [3.05, 3.63) is 83.4 Å². The quantitative estimate of drug-likeness (QED) is 0.531. The average Bonchev–Trinajstić information content (AvgIpc) is 3.37. The second kappa shape index (κ2) is 6.77. The number of carbonyl (C=O) groups excluding carboxylic acids is 1. The lowest BCUT2D eigenvalue weighted by Crippen LogP contribution is -2.13. The molecule has 1 fully saturated rings. The van der Waals surface area contributed by atoms with E-state index in [0.717, 1.165) is 30.8 Å². The Morgan fingerprint density at radius 1 is 0.966 bits per heavy atom. The third-order valence-electron chi connectivity index (χ3n) is 6.46. The Bertz CT molecular complexity index is 1080. The van der Waals surface area contributed by atoms with Gasteiger partial charge in [-0.15, -0.1) is 0 Å². The molecule has 1 spiro atoms. The standard InChI is InChI=1S/C26H24O3/c1-17-4-3-5-20(14-17)18-6-9-21(10-7-18)29-22-11-8-19-12-13-26(23(19)15-22)16-24(26)25(27)28-2/h3-11,14-15,24H,12-13,16H2,1-2H3/t24-,26-/m0/s1. The maximum atomic E-state index is 12.0. The number of esters is 1. The first-order chi connectivity index (χ1) is 14.1. The van der Waals surface area contributed by atoms with Crippen molar-refractivity contribution >= 4 is 5.97 Å². The summed E-state index contributed by atoms with van der Waals surface area (Å²) in [6.07, 6.45) is 2.94. The summed E-state index contributed by atoms with van der Waals surface area (Å²) in [6, 6.07) is 23.0. The van der Waals surface area contributed by atoms with Crippen molar-refractivity contribution in [1.82, 2.24) is 0 Å². The van der Waals surface area contributed by atoms with Crippen LogP contribution in [-0.4, -0.2) is 13.1 Å². The smallest absolute Gasteiger partial charge is 0.309 e. The summed E-state index contributed by atoms with van der Waals surface area (Å²) in [5.41, 5.74) is 6.20. The molecule has 3 aromatic carbocycles. The van der Waals surface area contributed by atoms with Crippen LogP contribution < -0.4 is 4.74 Å². The van der Waals surface area contributed by atoms with Crippen molar-refractivity contribution in [3.63, 3.8) is 0 Å². The molecule has 0 bridgehead atoms. The second-order valence-electron chi connectivity index (χ2n) is 8.25. The molecule has 2 aliphatic carbocycles. The van der Waals surface area contributed by atoms with Gasteiger partial charge in [0.05, 0.1) is 13.0 Å². The van der Waals surface area contributed by atoms with Gasteiger partial charge in [0, 0.05) is 5.41 Å². The van der Waals surface area contributed by atoms with Crippen LogP contribution in [-0.2, 0) is 21.4 Å². The summed E-state index contributed by atoms with van der Waals surface area (Å²) in [6.45, 7) is 2.10. The van der Waals surface area contributed by atoms with Gasteiger partial charge in [-0.3, -0.25) is 4.79 Å². The summed E-state index contributed by atoms with van der Waals surface area (Å²) in [5.74, 6) is 1.55. The molecule has 0 N–H and O–H groups in total. The summed E-state index contributed by atoms with van der Waals surface area (Å²) in [7, 11) is 1.48. The van der Waals surface area contributed by atoms with E-state index in [1.165, 1.54) is 34.9 Å². The molecule has 3 aromatic rings. The zero-order valence-electron chi connectivity index (χ0n) is 16.8. The van der Waals surface area contributed by atoms with Gasteiger partial charge >= 0.3 is 5.97 Å². The lowest BCUT2D eigenvalue weighted by Gasteiger charge is -2.13. The highest BCUT2D eigenvalue weighted by atomic mass is 16.5. The van der Waals surface area contributed by atoms with E-state index in [-0.39, 0.29) is 17.3 Å². The van der Waals surface area contributed by atoms with Crippen LogP contribution in [0.15, 0.2) is 66.7 Å². The van der Waals surface area contributed by atoms with Crippen molar-refractivity contribution in [1.29, 1.82) is 0 Å². The maximum absolute atomic E-state index is 12.0. The lowest BCUT2D eigenvalue weighted by molar-refractivity contribution is -0.142. The molecule has 2 aliphatic rings. The molecular weight excluding hydrogens is 360 g/mol. The van der Waals surface area contributed by atoms with Gasteiger partial charge in [-0.25, -0.2) is 0 Å². The summed E-state index contributed by atoms with van der Waals surface area (Å²) in [4.78, 5) is 12.0. The molecule has 0 heterocycles. The van der Waals surface area contributed by atoms with Gasteiger partial charge in [0.25, 0.3) is 0 Å². The van der Waals surface area contributed by atoms with Crippen molar-refractivity contribution < 1.29 is 14.3 Å². The van der Waals surface area contributed by atoms with Gasteiger partial charge in [-0.2, -0.15) is 0 Å². The Labute approximate surface area is 171 Å². The highest BCUT2D eigenvalue weighted by Crippen LogP contribution is 2.62. The first-order valence-electron chi connectivity index (χ1n) is 10.2. The molecule has 0 aliphatic heterocycles. The van der Waals surface area contributed by atoms with Gasteiger partial charge in [0.2, 0.25) is 0 Å². The first kappa shape index (κ1) is 18.0. The molecule has 1 saturated carbocycles. The molecule has 3 nitrogen and oxygen atoms in total. The molecule has 0 amide bonds. The highest BCUT2D eigenvalue weighted by Gasteiger charge is 2.62. The third kappa shape index (κ3) is 3.11. The lowest BCUT2D eigenvalue weighted by atomic mass is 9.95. The number of aryl methyl sites for hydroxylation is 2. The third-order valence-corrected chi connectivity index (χ3v) is 6.46. The van der Waals surface area contributed by atoms with Crippen LogP contribution in [0.1, 0.15) is 29.5 Å². The molecule has 0 aromatic heterocycles. The van der Waals surface area contributed by atoms with Crippen molar-refractivity contribution in [3.8, 4) is 22.6 Å². The molecule has 0 radical (unpaired) electrons. The molecule has 0 saturated heterocycles. The number of ether oxygens (including phenoxy) is 2. The number of fused-ring (bicyclic) bond motifs is 2. The van der Waals surface area contributed by atoms with Gasteiger partial charge < -0.3 is 9.47 Å². The fourth-order valence-corrected chi connectivity index (χ4v) is 4.80. The van der Waals surface area contributed by atoms with E-state index in [4.69, 9.17) is 9.47 Å².